The first kappa shape index (κ1) is 10.8. The zero-order chi connectivity index (χ0) is 11.5. The average Bonchev–Trinajstić information content (AvgIpc) is 2.70. The van der Waals surface area contributed by atoms with E-state index in [1.54, 1.807) is 12.1 Å². The van der Waals surface area contributed by atoms with Gasteiger partial charge in [0.1, 0.15) is 18.2 Å². The Bertz CT molecular complexity index is 558. The van der Waals surface area contributed by atoms with Gasteiger partial charge in [-0.05, 0) is 12.1 Å². The Hall–Kier alpha value is -1.74. The molecule has 2 rings (SSSR count). The molecular formula is C10H6BrFN4. The van der Waals surface area contributed by atoms with E-state index in [0.717, 1.165) is 0 Å². The van der Waals surface area contributed by atoms with Crippen LogP contribution in [0, 0.1) is 17.1 Å². The first-order valence-electron chi connectivity index (χ1n) is 4.42. The summed E-state index contributed by atoms with van der Waals surface area (Å²) in [6, 6.07) is 6.61. The lowest BCUT2D eigenvalue weighted by Gasteiger charge is -2.02. The van der Waals surface area contributed by atoms with E-state index < -0.39 is 0 Å². The number of benzene rings is 1. The van der Waals surface area contributed by atoms with Gasteiger partial charge >= 0.3 is 0 Å². The van der Waals surface area contributed by atoms with Gasteiger partial charge in [0.2, 0.25) is 0 Å². The molecule has 6 heteroatoms. The van der Waals surface area contributed by atoms with Crippen LogP contribution in [0.4, 0.5) is 4.39 Å². The molecule has 4 nitrogen and oxygen atoms in total. The third-order valence-corrected chi connectivity index (χ3v) is 2.48. The summed E-state index contributed by atoms with van der Waals surface area (Å²) in [7, 11) is 0. The van der Waals surface area contributed by atoms with Crippen LogP contribution in [0.1, 0.15) is 11.4 Å². The molecule has 1 aromatic heterocycles. The van der Waals surface area contributed by atoms with Crippen molar-refractivity contribution in [2.45, 2.75) is 6.54 Å². The molecular weight excluding hydrogens is 275 g/mol. The van der Waals surface area contributed by atoms with Gasteiger partial charge in [-0.1, -0.05) is 22.0 Å². The Morgan fingerprint density at radius 2 is 2.31 bits per heavy atom. The summed E-state index contributed by atoms with van der Waals surface area (Å²) in [6.45, 7) is 0.258. The summed E-state index contributed by atoms with van der Waals surface area (Å²) in [4.78, 5) is 3.74. The monoisotopic (exact) mass is 280 g/mol. The van der Waals surface area contributed by atoms with Gasteiger partial charge < -0.3 is 0 Å². The molecule has 1 heterocycles. The van der Waals surface area contributed by atoms with E-state index in [1.807, 2.05) is 6.07 Å². The molecule has 1 aromatic carbocycles. The summed E-state index contributed by atoms with van der Waals surface area (Å²) in [5, 5.41) is 12.4. The second-order valence-corrected chi connectivity index (χ2v) is 4.03. The fraction of sp³-hybridized carbons (Fsp3) is 0.100. The molecule has 0 saturated carbocycles. The number of hydrogen-bond donors (Lipinski definition) is 0. The van der Waals surface area contributed by atoms with Gasteiger partial charge in [-0.2, -0.15) is 5.26 Å². The minimum absolute atomic E-state index is 0.0810. The van der Waals surface area contributed by atoms with Gasteiger partial charge in [0.25, 0.3) is 5.82 Å². The summed E-state index contributed by atoms with van der Waals surface area (Å²) in [5.41, 5.74) is 0.498. The van der Waals surface area contributed by atoms with Gasteiger partial charge in [-0.25, -0.2) is 14.1 Å². The maximum Gasteiger partial charge on any atom is 0.252 e. The van der Waals surface area contributed by atoms with Crippen molar-refractivity contribution in [3.05, 3.63) is 46.2 Å². The van der Waals surface area contributed by atoms with E-state index in [4.69, 9.17) is 5.26 Å². The normalized spacial score (nSPS) is 10.1. The van der Waals surface area contributed by atoms with E-state index in [2.05, 4.69) is 26.0 Å². The highest BCUT2D eigenvalue weighted by Crippen LogP contribution is 2.15. The first-order valence-corrected chi connectivity index (χ1v) is 5.22. The maximum absolute atomic E-state index is 13.5. The van der Waals surface area contributed by atoms with Crippen LogP contribution in [0.25, 0.3) is 0 Å². The van der Waals surface area contributed by atoms with Crippen LogP contribution < -0.4 is 0 Å². The molecule has 0 aliphatic rings. The zero-order valence-electron chi connectivity index (χ0n) is 8.06. The van der Waals surface area contributed by atoms with Crippen molar-refractivity contribution < 1.29 is 4.39 Å². The van der Waals surface area contributed by atoms with E-state index in [-0.39, 0.29) is 18.2 Å². The highest BCUT2D eigenvalue weighted by atomic mass is 79.9. The van der Waals surface area contributed by atoms with Gasteiger partial charge in [-0.15, -0.1) is 5.10 Å². The number of halogens is 2. The molecule has 0 N–H and O–H groups in total. The van der Waals surface area contributed by atoms with E-state index >= 15 is 0 Å². The SMILES string of the molecule is N#Cc1ncn(Cc2ccc(Br)cc2F)n1. The topological polar surface area (TPSA) is 54.5 Å². The molecule has 0 spiro atoms. The minimum atomic E-state index is -0.316. The second-order valence-electron chi connectivity index (χ2n) is 3.11. The zero-order valence-corrected chi connectivity index (χ0v) is 9.65. The molecule has 0 radical (unpaired) electrons. The van der Waals surface area contributed by atoms with Gasteiger partial charge in [0, 0.05) is 10.0 Å². The lowest BCUT2D eigenvalue weighted by atomic mass is 10.2. The van der Waals surface area contributed by atoms with Crippen LogP contribution in [-0.4, -0.2) is 14.8 Å². The third-order valence-electron chi connectivity index (χ3n) is 1.98. The Balaban J connectivity index is 2.24. The second kappa shape index (κ2) is 4.41. The predicted molar refractivity (Wildman–Crippen MR) is 57.9 cm³/mol. The number of rotatable bonds is 2. The Morgan fingerprint density at radius 1 is 1.50 bits per heavy atom. The van der Waals surface area contributed by atoms with Crippen molar-refractivity contribution in [3.8, 4) is 6.07 Å². The van der Waals surface area contributed by atoms with E-state index in [1.165, 1.54) is 17.1 Å². The molecule has 0 bridgehead atoms. The Kier molecular flexibility index (Phi) is 2.97. The number of hydrogen-bond acceptors (Lipinski definition) is 3. The first-order chi connectivity index (χ1) is 7.69. The van der Waals surface area contributed by atoms with E-state index in [9.17, 15) is 4.39 Å². The lowest BCUT2D eigenvalue weighted by Crippen LogP contribution is -2.02. The molecule has 2 aromatic rings. The molecule has 0 aliphatic carbocycles. The van der Waals surface area contributed by atoms with Crippen LogP contribution in [-0.2, 0) is 6.54 Å². The van der Waals surface area contributed by atoms with Crippen molar-refractivity contribution in [1.82, 2.24) is 14.8 Å². The number of aromatic nitrogens is 3. The summed E-state index contributed by atoms with van der Waals surface area (Å²) < 4.78 is 15.6. The Morgan fingerprint density at radius 3 is 2.94 bits per heavy atom. The van der Waals surface area contributed by atoms with Crippen LogP contribution in [0.3, 0.4) is 0 Å². The molecule has 0 unspecified atom stereocenters. The quantitative estimate of drug-likeness (QED) is 0.847. The highest BCUT2D eigenvalue weighted by Gasteiger charge is 2.05. The van der Waals surface area contributed by atoms with Gasteiger partial charge in [0.05, 0.1) is 6.54 Å². The fourth-order valence-electron chi connectivity index (χ4n) is 1.25. The summed E-state index contributed by atoms with van der Waals surface area (Å²) in [5.74, 6) is -0.235. The molecule has 16 heavy (non-hydrogen) atoms. The van der Waals surface area contributed by atoms with E-state index in [0.29, 0.717) is 10.0 Å². The fourth-order valence-corrected chi connectivity index (χ4v) is 1.58. The largest absolute Gasteiger partial charge is 0.252 e. The maximum atomic E-state index is 13.5. The van der Waals surface area contributed by atoms with Crippen LogP contribution in [0.15, 0.2) is 29.0 Å². The standard InChI is InChI=1S/C10H6BrFN4/c11-8-2-1-7(9(12)3-8)5-16-6-14-10(4-13)15-16/h1-3,6H,5H2. The third kappa shape index (κ3) is 2.25. The van der Waals surface area contributed by atoms with Crippen LogP contribution in [0.5, 0.6) is 0 Å². The van der Waals surface area contributed by atoms with Crippen molar-refractivity contribution in [2.24, 2.45) is 0 Å². The average molecular weight is 281 g/mol. The molecule has 0 atom stereocenters. The molecule has 0 saturated heterocycles. The highest BCUT2D eigenvalue weighted by molar-refractivity contribution is 9.10. The van der Waals surface area contributed by atoms with Crippen molar-refractivity contribution >= 4 is 15.9 Å². The Labute approximate surface area is 99.5 Å². The molecule has 80 valence electrons. The number of nitrogens with zero attached hydrogens (tertiary/aromatic N) is 4. The molecule has 0 amide bonds. The molecule has 0 fully saturated rings. The van der Waals surface area contributed by atoms with Crippen molar-refractivity contribution in [2.75, 3.05) is 0 Å². The van der Waals surface area contributed by atoms with Gasteiger partial charge in [-0.3, -0.25) is 0 Å². The number of nitriles is 1. The van der Waals surface area contributed by atoms with Crippen LogP contribution >= 0.6 is 15.9 Å². The van der Waals surface area contributed by atoms with Crippen molar-refractivity contribution in [3.63, 3.8) is 0 Å². The van der Waals surface area contributed by atoms with Crippen molar-refractivity contribution in [1.29, 1.82) is 5.26 Å². The summed E-state index contributed by atoms with van der Waals surface area (Å²) >= 11 is 3.18. The lowest BCUT2D eigenvalue weighted by molar-refractivity contribution is 0.583. The van der Waals surface area contributed by atoms with Crippen LogP contribution in [0.2, 0.25) is 0 Å². The summed E-state index contributed by atoms with van der Waals surface area (Å²) in [6.07, 6.45) is 1.40. The smallest absolute Gasteiger partial charge is 0.247 e. The molecule has 0 aliphatic heterocycles. The van der Waals surface area contributed by atoms with Gasteiger partial charge in [0.15, 0.2) is 0 Å². The minimum Gasteiger partial charge on any atom is -0.247 e. The predicted octanol–water partition coefficient (Wildman–Crippen LogP) is 2.10.